The van der Waals surface area contributed by atoms with Gasteiger partial charge < -0.3 is 0 Å². The highest BCUT2D eigenvalue weighted by molar-refractivity contribution is 9.09. The summed E-state index contributed by atoms with van der Waals surface area (Å²) >= 11 is 0. The van der Waals surface area contributed by atoms with Crippen molar-refractivity contribution in [2.45, 2.75) is 0 Å². The number of rotatable bonds is 4. The van der Waals surface area contributed by atoms with Gasteiger partial charge in [-0.25, -0.2) is 0 Å². The molecule has 60 valence electrons. The molecule has 0 saturated heterocycles. The Morgan fingerprint density at radius 2 is 2.10 bits per heavy atom. The molecule has 0 saturated carbocycles. The standard InChI is InChI=1S/H10NP9/c1-6-10(8(3)4)9(5)7-2/h1,7H,2-5H2/i/hD. The van der Waals surface area contributed by atoms with Gasteiger partial charge in [0, 0.05) is 15.0 Å². The molecule has 10 heteroatoms. The quantitative estimate of drug-likeness (QED) is 0.650. The average Bonchev–Trinajstić information content (AvgIpc) is 1.98. The van der Waals surface area contributed by atoms with Crippen molar-refractivity contribution in [2.75, 3.05) is 0 Å². The maximum atomic E-state index is 6.81. The summed E-state index contributed by atoms with van der Waals surface area (Å²) < 4.78 is 6.81. The Hall–Kier alpha value is 3.54. The molecule has 0 bridgehead atoms. The second-order valence-electron chi connectivity index (χ2n) is 1.21. The summed E-state index contributed by atoms with van der Waals surface area (Å²) in [5, 5.41) is 3.46. The third-order valence-corrected chi connectivity index (χ3v) is 45.2. The third kappa shape index (κ3) is 5.31. The lowest BCUT2D eigenvalue weighted by Crippen LogP contribution is -1.33. The van der Waals surface area contributed by atoms with Crippen LogP contribution in [0.4, 0.5) is 0 Å². The van der Waals surface area contributed by atoms with Gasteiger partial charge in [0.1, 0.15) is 0 Å². The second kappa shape index (κ2) is 7.90. The van der Waals surface area contributed by atoms with Crippen molar-refractivity contribution in [2.24, 2.45) is 0 Å². The van der Waals surface area contributed by atoms with Crippen LogP contribution in [-0.4, -0.2) is 0 Å². The van der Waals surface area contributed by atoms with Crippen LogP contribution in [0, 0.1) is 5.15 Å². The Morgan fingerprint density at radius 3 is 2.40 bits per heavy atom. The fourth-order valence-corrected chi connectivity index (χ4v) is 46.8. The minimum Gasteiger partial charge on any atom is -0.279 e. The van der Waals surface area contributed by atoms with E-state index in [-0.39, 0.29) is 21.0 Å². The second-order valence-corrected chi connectivity index (χ2v) is 31.1. The van der Waals surface area contributed by atoms with E-state index >= 15 is 0 Å². The molecule has 0 rings (SSSR count). The summed E-state index contributed by atoms with van der Waals surface area (Å²) in [5.74, 6) is 0. The van der Waals surface area contributed by atoms with Crippen molar-refractivity contribution < 1.29 is 1.41 Å². The van der Waals surface area contributed by atoms with E-state index in [9.17, 15) is 0 Å². The number of hydrogen-bond acceptors (Lipinski definition) is 1. The molecule has 0 spiro atoms. The maximum Gasteiger partial charge on any atom is 0.193 e. The Kier molecular flexibility index (Phi) is 9.17. The summed E-state index contributed by atoms with van der Waals surface area (Å²) in [5.41, 5.74) is 0. The molecule has 1 N–H and O–H groups in total. The van der Waals surface area contributed by atoms with Gasteiger partial charge in [0.15, 0.2) is 1.41 Å². The van der Waals surface area contributed by atoms with Gasteiger partial charge in [-0.3, -0.25) is 5.15 Å². The predicted octanol–water partition coefficient (Wildman–Crippen LogP) is 5.64. The van der Waals surface area contributed by atoms with E-state index in [2.05, 4.69) is 40.9 Å². The van der Waals surface area contributed by atoms with Crippen LogP contribution in [0.1, 0.15) is 0 Å². The van der Waals surface area contributed by atoms with Gasteiger partial charge in [0.2, 0.25) is 0 Å². The van der Waals surface area contributed by atoms with Crippen LogP contribution < -0.4 is 0 Å². The summed E-state index contributed by atoms with van der Waals surface area (Å²) in [4.78, 5) is 0. The molecule has 0 aromatic rings. The van der Waals surface area contributed by atoms with Crippen LogP contribution in [0.2, 0.25) is 1.41 Å². The molecular weight excluding hydrogens is 293 g/mol. The summed E-state index contributed by atoms with van der Waals surface area (Å²) in [6.45, 7) is -0.0482. The molecule has 7 unspecified atom stereocenters. The lowest BCUT2D eigenvalue weighted by atomic mass is 14.0. The average molecular weight is 304 g/mol. The first-order chi connectivity index (χ1) is 5.13. The molecule has 7 atom stereocenters. The summed E-state index contributed by atoms with van der Waals surface area (Å²) in [6.07, 6.45) is 0. The smallest absolute Gasteiger partial charge is 0.193 e. The Labute approximate surface area is 79.3 Å². The highest BCUT2D eigenvalue weighted by Gasteiger charge is 2.17. The van der Waals surface area contributed by atoms with E-state index in [4.69, 9.17) is 1.41 Å². The summed E-state index contributed by atoms with van der Waals surface area (Å²) in [7, 11) is 13.3. The van der Waals surface area contributed by atoms with Crippen molar-refractivity contribution >= 4 is 72.7 Å². The Balaban J connectivity index is 4.09. The zero-order valence-electron chi connectivity index (χ0n) is 6.05. The van der Waals surface area contributed by atoms with Gasteiger partial charge in [0.05, 0.1) is 0 Å². The van der Waals surface area contributed by atoms with Crippen molar-refractivity contribution in [3.05, 3.63) is 0 Å². The minimum atomic E-state index is -0.0530. The molecule has 0 aliphatic rings. The fraction of sp³-hybridized carbons (Fsp3) is 0. The molecule has 0 radical (unpaired) electrons. The van der Waals surface area contributed by atoms with Gasteiger partial charge >= 0.3 is 0 Å². The molecule has 0 aromatic heterocycles. The molecule has 0 fully saturated rings. The van der Waals surface area contributed by atoms with Gasteiger partial charge in [-0.15, -0.1) is 35.7 Å². The zero-order chi connectivity index (χ0) is 8.85. The molecule has 10 heavy (non-hydrogen) atoms. The number of nitrogens with one attached hydrogen (secondary N) is 1. The van der Waals surface area contributed by atoms with Crippen molar-refractivity contribution in [3.63, 3.8) is 0 Å². The molecule has 0 heterocycles. The van der Waals surface area contributed by atoms with E-state index in [0.717, 1.165) is 16.0 Å². The van der Waals surface area contributed by atoms with E-state index in [1.54, 1.807) is 0 Å². The molecule has 1 nitrogen and oxygen atoms in total. The molecular formula is H10NP9. The fourth-order valence-electron chi connectivity index (χ4n) is 0.252. The van der Waals surface area contributed by atoms with Gasteiger partial charge in [-0.1, -0.05) is 7.96 Å². The van der Waals surface area contributed by atoms with Crippen LogP contribution in [-0.2, 0) is 0 Å². The zero-order valence-corrected chi connectivity index (χ0v) is 14.2. The summed E-state index contributed by atoms with van der Waals surface area (Å²) in [6, 6.07) is 0. The highest BCUT2D eigenvalue weighted by Crippen LogP contribution is 3.04. The van der Waals surface area contributed by atoms with Crippen LogP contribution in [0.3, 0.4) is 0 Å². The van der Waals surface area contributed by atoms with Crippen molar-refractivity contribution in [3.8, 4) is 0 Å². The monoisotopic (exact) mass is 304 g/mol. The SMILES string of the molecule is [2H]N=PP(P(P)P)P(P)PP. The molecule has 0 aromatic carbocycles. The van der Waals surface area contributed by atoms with Gasteiger partial charge in [-0.2, -0.15) is 0 Å². The largest absolute Gasteiger partial charge is 0.279 e. The van der Waals surface area contributed by atoms with Crippen LogP contribution in [0.25, 0.3) is 0 Å². The van der Waals surface area contributed by atoms with E-state index in [1.807, 2.05) is 0 Å². The predicted molar refractivity (Wildman–Crippen MR) is 77.6 cm³/mol. The minimum absolute atomic E-state index is 0.0414. The first kappa shape index (κ1) is 11.6. The Bertz CT molecular complexity index is 121. The number of hydrogen-bond donors (Lipinski definition) is 1. The molecule has 0 aliphatic carbocycles. The van der Waals surface area contributed by atoms with Crippen molar-refractivity contribution in [1.82, 2.24) is 0 Å². The van der Waals surface area contributed by atoms with Crippen LogP contribution in [0.5, 0.6) is 0 Å². The van der Waals surface area contributed by atoms with Gasteiger partial charge in [0.25, 0.3) is 0 Å². The van der Waals surface area contributed by atoms with E-state index in [0.29, 0.717) is 0 Å². The van der Waals surface area contributed by atoms with Crippen molar-refractivity contribution in [1.29, 1.82) is 5.15 Å². The topological polar surface area (TPSA) is 23.9 Å². The first-order valence-corrected chi connectivity index (χ1v) is 17.6. The molecule has 0 aliphatic heterocycles. The van der Waals surface area contributed by atoms with Crippen LogP contribution in [0.15, 0.2) is 0 Å². The lowest BCUT2D eigenvalue weighted by Gasteiger charge is -2.20. The lowest BCUT2D eigenvalue weighted by molar-refractivity contribution is 1.66. The Morgan fingerprint density at radius 1 is 1.50 bits per heavy atom. The van der Waals surface area contributed by atoms with Gasteiger partial charge in [-0.05, 0) is 14.0 Å². The highest BCUT2D eigenvalue weighted by atomic mass is 33.1. The maximum absolute atomic E-state index is 6.81. The normalized spacial score (nSPS) is 20.7. The van der Waals surface area contributed by atoms with E-state index in [1.165, 1.54) is 0 Å². The van der Waals surface area contributed by atoms with E-state index < -0.39 is 0 Å². The first-order valence-electron chi connectivity index (χ1n) is 2.53. The third-order valence-electron chi connectivity index (χ3n) is 0.612. The molecule has 0 amide bonds. The van der Waals surface area contributed by atoms with Crippen LogP contribution >= 0.6 is 72.7 Å².